The van der Waals surface area contributed by atoms with Crippen LogP contribution in [-0.4, -0.2) is 8.42 Å². The van der Waals surface area contributed by atoms with E-state index >= 15 is 0 Å². The van der Waals surface area contributed by atoms with Crippen molar-refractivity contribution in [2.75, 3.05) is 0 Å². The van der Waals surface area contributed by atoms with Crippen LogP contribution in [0.3, 0.4) is 0 Å². The van der Waals surface area contributed by atoms with Crippen LogP contribution in [0.5, 0.6) is 5.75 Å². The summed E-state index contributed by atoms with van der Waals surface area (Å²) in [7, 11) is -3.93. The fraction of sp³-hybridized carbons (Fsp3) is 0.333. The average molecular weight is 215 g/mol. The summed E-state index contributed by atoms with van der Waals surface area (Å²) in [5.74, 6) is 0.288. The standard InChI is InChI=1S/C9H13NO3S/c1-6-4-8(3)9(5-7(6)2)13-14(10,11)12/h4-5H,1-3H3,(H2,10,11,12). The first-order valence-electron chi connectivity index (χ1n) is 4.09. The van der Waals surface area contributed by atoms with Crippen LogP contribution < -0.4 is 9.32 Å². The van der Waals surface area contributed by atoms with E-state index in [-0.39, 0.29) is 5.75 Å². The van der Waals surface area contributed by atoms with Crippen LogP contribution >= 0.6 is 0 Å². The van der Waals surface area contributed by atoms with Crippen molar-refractivity contribution >= 4 is 10.3 Å². The van der Waals surface area contributed by atoms with E-state index in [9.17, 15) is 8.42 Å². The third-order valence-corrected chi connectivity index (χ3v) is 2.41. The smallest absolute Gasteiger partial charge is 0.371 e. The van der Waals surface area contributed by atoms with Gasteiger partial charge in [-0.15, -0.1) is 0 Å². The minimum Gasteiger partial charge on any atom is -0.371 e. The lowest BCUT2D eigenvalue weighted by Crippen LogP contribution is -2.19. The Hall–Kier alpha value is -1.07. The van der Waals surface area contributed by atoms with Crippen LogP contribution in [0.1, 0.15) is 16.7 Å². The van der Waals surface area contributed by atoms with Gasteiger partial charge in [0.2, 0.25) is 0 Å². The van der Waals surface area contributed by atoms with Crippen molar-refractivity contribution in [1.29, 1.82) is 0 Å². The van der Waals surface area contributed by atoms with E-state index in [0.29, 0.717) is 0 Å². The summed E-state index contributed by atoms with van der Waals surface area (Å²) in [6.07, 6.45) is 0. The number of hydrogen-bond donors (Lipinski definition) is 1. The molecule has 0 bridgehead atoms. The van der Waals surface area contributed by atoms with Gasteiger partial charge < -0.3 is 4.18 Å². The first kappa shape index (κ1) is 11.0. The molecular formula is C9H13NO3S. The molecule has 1 aromatic carbocycles. The van der Waals surface area contributed by atoms with E-state index in [2.05, 4.69) is 4.18 Å². The summed E-state index contributed by atoms with van der Waals surface area (Å²) < 4.78 is 26.0. The molecule has 0 heterocycles. The summed E-state index contributed by atoms with van der Waals surface area (Å²) in [6, 6.07) is 3.52. The van der Waals surface area contributed by atoms with Crippen LogP contribution in [0.15, 0.2) is 12.1 Å². The molecule has 0 spiro atoms. The van der Waals surface area contributed by atoms with Gasteiger partial charge in [-0.25, -0.2) is 0 Å². The maximum Gasteiger partial charge on any atom is 0.380 e. The minimum absolute atomic E-state index is 0.288. The topological polar surface area (TPSA) is 69.4 Å². The molecule has 0 amide bonds. The third-order valence-electron chi connectivity index (χ3n) is 2.00. The fourth-order valence-corrected chi connectivity index (χ4v) is 1.58. The Morgan fingerprint density at radius 1 is 1.07 bits per heavy atom. The molecule has 14 heavy (non-hydrogen) atoms. The number of rotatable bonds is 2. The summed E-state index contributed by atoms with van der Waals surface area (Å²) in [5.41, 5.74) is 2.81. The van der Waals surface area contributed by atoms with Crippen molar-refractivity contribution in [2.45, 2.75) is 20.8 Å². The van der Waals surface area contributed by atoms with Crippen LogP contribution in [-0.2, 0) is 10.3 Å². The van der Waals surface area contributed by atoms with Crippen LogP contribution in [0.2, 0.25) is 0 Å². The van der Waals surface area contributed by atoms with Gasteiger partial charge in [0, 0.05) is 0 Å². The minimum atomic E-state index is -3.93. The highest BCUT2D eigenvalue weighted by Gasteiger charge is 2.09. The van der Waals surface area contributed by atoms with Gasteiger partial charge in [-0.2, -0.15) is 13.6 Å². The van der Waals surface area contributed by atoms with E-state index < -0.39 is 10.3 Å². The van der Waals surface area contributed by atoms with Gasteiger partial charge in [-0.3, -0.25) is 0 Å². The molecule has 0 atom stereocenters. The zero-order chi connectivity index (χ0) is 10.9. The Kier molecular flexibility index (Phi) is 2.82. The van der Waals surface area contributed by atoms with E-state index in [1.807, 2.05) is 19.9 Å². The monoisotopic (exact) mass is 215 g/mol. The van der Waals surface area contributed by atoms with E-state index in [0.717, 1.165) is 16.7 Å². The molecule has 0 unspecified atom stereocenters. The number of nitrogens with two attached hydrogens (primary N) is 1. The summed E-state index contributed by atoms with van der Waals surface area (Å²) in [5, 5.41) is 4.77. The van der Waals surface area contributed by atoms with Gasteiger partial charge in [0.15, 0.2) is 0 Å². The van der Waals surface area contributed by atoms with Crippen molar-refractivity contribution < 1.29 is 12.6 Å². The van der Waals surface area contributed by atoms with E-state index in [4.69, 9.17) is 5.14 Å². The second-order valence-corrected chi connectivity index (χ2v) is 4.43. The zero-order valence-corrected chi connectivity index (χ0v) is 9.18. The van der Waals surface area contributed by atoms with E-state index in [1.54, 1.807) is 13.0 Å². The Bertz CT molecular complexity index is 451. The molecule has 0 aliphatic heterocycles. The summed E-state index contributed by atoms with van der Waals surface area (Å²) in [4.78, 5) is 0. The molecule has 2 N–H and O–H groups in total. The zero-order valence-electron chi connectivity index (χ0n) is 8.37. The molecule has 0 fully saturated rings. The second-order valence-electron chi connectivity index (χ2n) is 3.28. The SMILES string of the molecule is Cc1cc(C)c(OS(N)(=O)=O)cc1C. The molecule has 1 rings (SSSR count). The number of aryl methyl sites for hydroxylation is 3. The van der Waals surface area contributed by atoms with Crippen molar-refractivity contribution in [3.05, 3.63) is 28.8 Å². The molecule has 0 radical (unpaired) electrons. The van der Waals surface area contributed by atoms with Crippen LogP contribution in [0.25, 0.3) is 0 Å². The predicted octanol–water partition coefficient (Wildman–Crippen LogP) is 1.19. The normalized spacial score (nSPS) is 11.4. The predicted molar refractivity (Wildman–Crippen MR) is 54.4 cm³/mol. The quantitative estimate of drug-likeness (QED) is 0.805. The molecule has 0 saturated heterocycles. The lowest BCUT2D eigenvalue weighted by atomic mass is 10.1. The molecule has 5 heteroatoms. The first-order chi connectivity index (χ1) is 6.29. The largest absolute Gasteiger partial charge is 0.380 e. The van der Waals surface area contributed by atoms with E-state index in [1.165, 1.54) is 0 Å². The van der Waals surface area contributed by atoms with Crippen LogP contribution in [0.4, 0.5) is 0 Å². The summed E-state index contributed by atoms with van der Waals surface area (Å²) >= 11 is 0. The van der Waals surface area contributed by atoms with Gasteiger partial charge in [0.25, 0.3) is 0 Å². The van der Waals surface area contributed by atoms with Gasteiger partial charge in [0.1, 0.15) is 5.75 Å². The number of hydrogen-bond acceptors (Lipinski definition) is 3. The lowest BCUT2D eigenvalue weighted by Gasteiger charge is -2.08. The van der Waals surface area contributed by atoms with Gasteiger partial charge in [-0.1, -0.05) is 6.07 Å². The third kappa shape index (κ3) is 2.71. The lowest BCUT2D eigenvalue weighted by molar-refractivity contribution is 0.485. The Labute approximate surface area is 83.9 Å². The van der Waals surface area contributed by atoms with Gasteiger partial charge in [-0.05, 0) is 43.5 Å². The van der Waals surface area contributed by atoms with Crippen molar-refractivity contribution in [1.82, 2.24) is 0 Å². The second kappa shape index (κ2) is 3.59. The molecule has 0 aromatic heterocycles. The summed E-state index contributed by atoms with van der Waals surface area (Å²) in [6.45, 7) is 5.60. The Morgan fingerprint density at radius 2 is 1.57 bits per heavy atom. The highest BCUT2D eigenvalue weighted by Crippen LogP contribution is 2.22. The Morgan fingerprint density at radius 3 is 2.07 bits per heavy atom. The first-order valence-corrected chi connectivity index (χ1v) is 5.57. The van der Waals surface area contributed by atoms with Crippen LogP contribution in [0, 0.1) is 20.8 Å². The molecular weight excluding hydrogens is 202 g/mol. The van der Waals surface area contributed by atoms with Gasteiger partial charge in [0.05, 0.1) is 0 Å². The Balaban J connectivity index is 3.17. The molecule has 4 nitrogen and oxygen atoms in total. The average Bonchev–Trinajstić information content (AvgIpc) is 1.97. The highest BCUT2D eigenvalue weighted by molar-refractivity contribution is 7.84. The molecule has 0 saturated carbocycles. The highest BCUT2D eigenvalue weighted by atomic mass is 32.2. The maximum atomic E-state index is 10.7. The van der Waals surface area contributed by atoms with Crippen molar-refractivity contribution in [3.63, 3.8) is 0 Å². The molecule has 0 aliphatic rings. The number of benzene rings is 1. The fourth-order valence-electron chi connectivity index (χ4n) is 1.15. The van der Waals surface area contributed by atoms with Gasteiger partial charge >= 0.3 is 10.3 Å². The van der Waals surface area contributed by atoms with Crippen molar-refractivity contribution in [2.24, 2.45) is 5.14 Å². The van der Waals surface area contributed by atoms with Crippen molar-refractivity contribution in [3.8, 4) is 5.75 Å². The molecule has 1 aromatic rings. The molecule has 0 aliphatic carbocycles. The maximum absolute atomic E-state index is 10.7. The molecule has 78 valence electrons.